The zero-order valence-corrected chi connectivity index (χ0v) is 10.8. The fourth-order valence-electron chi connectivity index (χ4n) is 1.21. The summed E-state index contributed by atoms with van der Waals surface area (Å²) in [5, 5.41) is 21.2. The van der Waals surface area contributed by atoms with Crippen molar-refractivity contribution in [1.82, 2.24) is 4.98 Å². The second-order valence-electron chi connectivity index (χ2n) is 3.34. The predicted octanol–water partition coefficient (Wildman–Crippen LogP) is 0.961. The summed E-state index contributed by atoms with van der Waals surface area (Å²) in [5.74, 6) is -0.863. The van der Waals surface area contributed by atoms with Crippen LogP contribution in [0.15, 0.2) is 16.7 Å². The lowest BCUT2D eigenvalue weighted by Gasteiger charge is -2.12. The molecule has 0 aliphatic carbocycles. The normalized spacial score (nSPS) is 12.2. The maximum Gasteiger partial charge on any atom is 0.339 e. The van der Waals surface area contributed by atoms with Gasteiger partial charge in [0.1, 0.15) is 11.4 Å². The van der Waals surface area contributed by atoms with E-state index in [1.165, 1.54) is 19.4 Å². The second kappa shape index (κ2) is 6.53. The number of ether oxygens (including phenoxy) is 1. The van der Waals surface area contributed by atoms with Gasteiger partial charge >= 0.3 is 5.97 Å². The van der Waals surface area contributed by atoms with E-state index in [0.29, 0.717) is 4.47 Å². The van der Waals surface area contributed by atoms with E-state index in [1.807, 2.05) is 0 Å². The number of aromatic carboxylic acids is 1. The highest BCUT2D eigenvalue weighted by molar-refractivity contribution is 9.10. The van der Waals surface area contributed by atoms with Gasteiger partial charge in [-0.15, -0.1) is 0 Å². The van der Waals surface area contributed by atoms with Crippen molar-refractivity contribution in [3.05, 3.63) is 22.3 Å². The third-order valence-corrected chi connectivity index (χ3v) is 2.38. The lowest BCUT2D eigenvalue weighted by molar-refractivity contribution is 0.0692. The van der Waals surface area contributed by atoms with Gasteiger partial charge in [0.15, 0.2) is 0 Å². The van der Waals surface area contributed by atoms with Crippen LogP contribution in [-0.2, 0) is 4.74 Å². The van der Waals surface area contributed by atoms with E-state index in [9.17, 15) is 9.90 Å². The number of carbonyl (C=O) groups is 1. The first-order valence-corrected chi connectivity index (χ1v) is 5.63. The number of anilines is 1. The smallest absolute Gasteiger partial charge is 0.339 e. The number of rotatable bonds is 6. The van der Waals surface area contributed by atoms with Gasteiger partial charge in [-0.2, -0.15) is 0 Å². The molecule has 17 heavy (non-hydrogen) atoms. The summed E-state index contributed by atoms with van der Waals surface area (Å²) in [6.45, 7) is 0.342. The first-order chi connectivity index (χ1) is 8.04. The number of hydrogen-bond acceptors (Lipinski definition) is 5. The maximum atomic E-state index is 11.0. The van der Waals surface area contributed by atoms with Crippen molar-refractivity contribution >= 4 is 27.7 Å². The molecule has 0 amide bonds. The average molecular weight is 305 g/mol. The van der Waals surface area contributed by atoms with E-state index in [4.69, 9.17) is 9.84 Å². The monoisotopic (exact) mass is 304 g/mol. The van der Waals surface area contributed by atoms with E-state index in [-0.39, 0.29) is 24.5 Å². The number of aromatic nitrogens is 1. The average Bonchev–Trinajstić information content (AvgIpc) is 2.27. The van der Waals surface area contributed by atoms with Gasteiger partial charge in [0.05, 0.1) is 12.7 Å². The van der Waals surface area contributed by atoms with Gasteiger partial charge in [-0.1, -0.05) is 0 Å². The number of aliphatic hydroxyl groups is 1. The Kier molecular flexibility index (Phi) is 5.33. The molecule has 1 aromatic rings. The van der Waals surface area contributed by atoms with Gasteiger partial charge in [0, 0.05) is 24.3 Å². The molecule has 0 spiro atoms. The molecular formula is C10H13BrN2O4. The summed E-state index contributed by atoms with van der Waals surface area (Å²) in [6.07, 6.45) is 0.768. The van der Waals surface area contributed by atoms with Crippen LogP contribution >= 0.6 is 15.9 Å². The molecule has 0 radical (unpaired) electrons. The van der Waals surface area contributed by atoms with Crippen molar-refractivity contribution in [2.45, 2.75) is 6.10 Å². The Labute approximate surface area is 107 Å². The molecule has 0 bridgehead atoms. The number of aliphatic hydroxyl groups excluding tert-OH is 1. The van der Waals surface area contributed by atoms with Crippen LogP contribution in [0.5, 0.6) is 0 Å². The van der Waals surface area contributed by atoms with Crippen molar-refractivity contribution in [1.29, 1.82) is 0 Å². The Bertz CT molecular complexity index is 400. The zero-order chi connectivity index (χ0) is 12.8. The van der Waals surface area contributed by atoms with Crippen molar-refractivity contribution in [2.24, 2.45) is 0 Å². The Morgan fingerprint density at radius 1 is 1.71 bits per heavy atom. The first kappa shape index (κ1) is 13.9. The number of carboxylic acids is 1. The van der Waals surface area contributed by atoms with E-state index >= 15 is 0 Å². The zero-order valence-electron chi connectivity index (χ0n) is 9.18. The highest BCUT2D eigenvalue weighted by Crippen LogP contribution is 2.17. The van der Waals surface area contributed by atoms with Gasteiger partial charge in [0.25, 0.3) is 0 Å². The second-order valence-corrected chi connectivity index (χ2v) is 4.26. The van der Waals surface area contributed by atoms with Crippen molar-refractivity contribution < 1.29 is 19.7 Å². The Morgan fingerprint density at radius 3 is 3.00 bits per heavy atom. The van der Waals surface area contributed by atoms with Crippen LogP contribution in [0.4, 0.5) is 5.82 Å². The van der Waals surface area contributed by atoms with Crippen molar-refractivity contribution in [3.8, 4) is 0 Å². The molecule has 1 rings (SSSR count). The number of nitrogens with one attached hydrogen (secondary N) is 1. The van der Waals surface area contributed by atoms with Crippen LogP contribution in [0, 0.1) is 0 Å². The molecule has 0 aliphatic heterocycles. The Morgan fingerprint density at radius 2 is 2.41 bits per heavy atom. The van der Waals surface area contributed by atoms with E-state index in [0.717, 1.165) is 0 Å². The van der Waals surface area contributed by atoms with Crippen LogP contribution in [0.25, 0.3) is 0 Å². The molecule has 7 heteroatoms. The summed E-state index contributed by atoms with van der Waals surface area (Å²) in [4.78, 5) is 14.9. The number of halogens is 1. The van der Waals surface area contributed by atoms with Gasteiger partial charge in [0.2, 0.25) is 0 Å². The summed E-state index contributed by atoms with van der Waals surface area (Å²) >= 11 is 3.15. The van der Waals surface area contributed by atoms with E-state index in [1.54, 1.807) is 0 Å². The summed E-state index contributed by atoms with van der Waals surface area (Å²) < 4.78 is 5.34. The number of pyridine rings is 1. The van der Waals surface area contributed by atoms with Crippen molar-refractivity contribution in [2.75, 3.05) is 25.6 Å². The molecule has 0 saturated heterocycles. The van der Waals surface area contributed by atoms with Crippen LogP contribution in [-0.4, -0.2) is 47.5 Å². The molecule has 0 aromatic carbocycles. The SMILES string of the molecule is COCC(O)CNc1ncc(Br)cc1C(=O)O. The van der Waals surface area contributed by atoms with E-state index < -0.39 is 12.1 Å². The quantitative estimate of drug-likeness (QED) is 0.725. The van der Waals surface area contributed by atoms with Gasteiger partial charge < -0.3 is 20.3 Å². The lowest BCUT2D eigenvalue weighted by atomic mass is 10.2. The predicted molar refractivity (Wildman–Crippen MR) is 65.3 cm³/mol. The summed E-state index contributed by atoms with van der Waals surface area (Å²) in [6, 6.07) is 1.44. The number of methoxy groups -OCH3 is 1. The topological polar surface area (TPSA) is 91.7 Å². The molecule has 0 saturated carbocycles. The van der Waals surface area contributed by atoms with Crippen LogP contribution in [0.3, 0.4) is 0 Å². The molecule has 0 aliphatic rings. The maximum absolute atomic E-state index is 11.0. The summed E-state index contributed by atoms with van der Waals surface area (Å²) in [7, 11) is 1.48. The third kappa shape index (κ3) is 4.29. The first-order valence-electron chi connectivity index (χ1n) is 4.84. The third-order valence-electron chi connectivity index (χ3n) is 1.95. The van der Waals surface area contributed by atoms with Crippen LogP contribution in [0.1, 0.15) is 10.4 Å². The lowest BCUT2D eigenvalue weighted by Crippen LogP contribution is -2.25. The number of carboxylic acid groups (broad SMARTS) is 1. The van der Waals surface area contributed by atoms with Crippen LogP contribution < -0.4 is 5.32 Å². The molecule has 1 aromatic heterocycles. The molecule has 1 unspecified atom stereocenters. The molecule has 0 fully saturated rings. The van der Waals surface area contributed by atoms with Gasteiger partial charge in [-0.3, -0.25) is 0 Å². The fraction of sp³-hybridized carbons (Fsp3) is 0.400. The Balaban J connectivity index is 2.73. The minimum Gasteiger partial charge on any atom is -0.478 e. The van der Waals surface area contributed by atoms with Gasteiger partial charge in [-0.25, -0.2) is 9.78 Å². The highest BCUT2D eigenvalue weighted by Gasteiger charge is 2.13. The largest absolute Gasteiger partial charge is 0.478 e. The molecule has 1 atom stereocenters. The molecular weight excluding hydrogens is 292 g/mol. The molecule has 6 nitrogen and oxygen atoms in total. The summed E-state index contributed by atoms with van der Waals surface area (Å²) in [5.41, 5.74) is 0.0454. The van der Waals surface area contributed by atoms with Crippen molar-refractivity contribution in [3.63, 3.8) is 0 Å². The fourth-order valence-corrected chi connectivity index (χ4v) is 1.54. The molecule has 94 valence electrons. The molecule has 1 heterocycles. The molecule has 3 N–H and O–H groups in total. The van der Waals surface area contributed by atoms with E-state index in [2.05, 4.69) is 26.2 Å². The number of nitrogens with zero attached hydrogens (tertiary/aromatic N) is 1. The number of hydrogen-bond donors (Lipinski definition) is 3. The minimum atomic E-state index is -1.08. The Hall–Kier alpha value is -1.18. The highest BCUT2D eigenvalue weighted by atomic mass is 79.9. The minimum absolute atomic E-state index is 0.0454. The van der Waals surface area contributed by atoms with Gasteiger partial charge in [-0.05, 0) is 22.0 Å². The standard InChI is InChI=1S/C10H13BrN2O4/c1-17-5-7(14)4-13-9-8(10(15)16)2-6(11)3-12-9/h2-3,7,14H,4-5H2,1H3,(H,12,13)(H,15,16). The van der Waals surface area contributed by atoms with Crippen LogP contribution in [0.2, 0.25) is 0 Å².